The van der Waals surface area contributed by atoms with E-state index in [1.54, 1.807) is 19.3 Å². The maximum Gasteiger partial charge on any atom is 0.330 e. The lowest BCUT2D eigenvalue weighted by Gasteiger charge is -2.27. The van der Waals surface area contributed by atoms with Crippen molar-refractivity contribution in [2.45, 2.75) is 46.3 Å². The minimum absolute atomic E-state index is 0.00745. The van der Waals surface area contributed by atoms with E-state index in [0.29, 0.717) is 19.6 Å². The van der Waals surface area contributed by atoms with Crippen molar-refractivity contribution in [3.8, 4) is 0 Å². The highest BCUT2D eigenvalue weighted by atomic mass is 16.3. The number of benzene rings is 1. The fourth-order valence-corrected chi connectivity index (χ4v) is 3.74. The van der Waals surface area contributed by atoms with Crippen LogP contribution in [0.15, 0.2) is 62.7 Å². The molecule has 0 aliphatic heterocycles. The van der Waals surface area contributed by atoms with Crippen LogP contribution >= 0.6 is 0 Å². The van der Waals surface area contributed by atoms with Crippen LogP contribution in [0.5, 0.6) is 0 Å². The van der Waals surface area contributed by atoms with Crippen LogP contribution < -0.4 is 21.9 Å². The van der Waals surface area contributed by atoms with Crippen LogP contribution in [0.1, 0.15) is 38.0 Å². The molecule has 2 aromatic heterocycles. The summed E-state index contributed by atoms with van der Waals surface area (Å²) in [5.41, 5.74) is 6.05. The maximum atomic E-state index is 13.4. The van der Waals surface area contributed by atoms with Gasteiger partial charge in [0.15, 0.2) is 5.69 Å². The van der Waals surface area contributed by atoms with E-state index in [9.17, 15) is 14.4 Å². The number of nitrogens with two attached hydrogens (primary N) is 1. The Labute approximate surface area is 192 Å². The summed E-state index contributed by atoms with van der Waals surface area (Å²) < 4.78 is 6.80. The van der Waals surface area contributed by atoms with Gasteiger partial charge in [-0.15, -0.1) is 0 Å². The van der Waals surface area contributed by atoms with Crippen molar-refractivity contribution in [1.82, 2.24) is 14.5 Å². The molecule has 0 spiro atoms. The first-order valence-corrected chi connectivity index (χ1v) is 11.2. The third kappa shape index (κ3) is 6.01. The molecule has 3 aromatic rings. The van der Waals surface area contributed by atoms with E-state index in [1.807, 2.05) is 48.2 Å². The molecule has 9 nitrogen and oxygen atoms in total. The Morgan fingerprint density at radius 2 is 1.85 bits per heavy atom. The lowest BCUT2D eigenvalue weighted by atomic mass is 10.2. The SMILES string of the molecule is CCCCn1c(N)c(N(CC)C(=O)CN(Cc2ccccc2)Cc2ccco2)c(=O)[nH]c1=O. The van der Waals surface area contributed by atoms with Gasteiger partial charge in [0.1, 0.15) is 11.6 Å². The minimum Gasteiger partial charge on any atom is -0.468 e. The van der Waals surface area contributed by atoms with Crippen molar-refractivity contribution in [2.75, 3.05) is 23.7 Å². The highest BCUT2D eigenvalue weighted by molar-refractivity contribution is 5.96. The number of furan rings is 1. The molecule has 0 unspecified atom stereocenters. The number of H-pyrrole nitrogens is 1. The highest BCUT2D eigenvalue weighted by Crippen LogP contribution is 2.18. The van der Waals surface area contributed by atoms with E-state index in [0.717, 1.165) is 24.2 Å². The maximum absolute atomic E-state index is 13.4. The molecule has 0 atom stereocenters. The molecule has 33 heavy (non-hydrogen) atoms. The summed E-state index contributed by atoms with van der Waals surface area (Å²) in [5, 5.41) is 0. The van der Waals surface area contributed by atoms with Crippen molar-refractivity contribution in [1.29, 1.82) is 0 Å². The summed E-state index contributed by atoms with van der Waals surface area (Å²) in [7, 11) is 0. The second-order valence-electron chi connectivity index (χ2n) is 7.85. The van der Waals surface area contributed by atoms with Gasteiger partial charge in [-0.2, -0.15) is 0 Å². The first-order chi connectivity index (χ1) is 15.9. The predicted molar refractivity (Wildman–Crippen MR) is 128 cm³/mol. The van der Waals surface area contributed by atoms with Crippen LogP contribution in [0.3, 0.4) is 0 Å². The van der Waals surface area contributed by atoms with Gasteiger partial charge in [-0.05, 0) is 31.0 Å². The smallest absolute Gasteiger partial charge is 0.330 e. The number of anilines is 2. The zero-order chi connectivity index (χ0) is 23.8. The van der Waals surface area contributed by atoms with Crippen LogP contribution in [0.2, 0.25) is 0 Å². The summed E-state index contributed by atoms with van der Waals surface area (Å²) in [6, 6.07) is 13.5. The number of aromatic amines is 1. The number of amides is 1. The van der Waals surface area contributed by atoms with Gasteiger partial charge < -0.3 is 15.1 Å². The first-order valence-electron chi connectivity index (χ1n) is 11.2. The average Bonchev–Trinajstić information content (AvgIpc) is 3.30. The number of nitrogens with one attached hydrogen (secondary N) is 1. The molecule has 0 saturated heterocycles. The van der Waals surface area contributed by atoms with Crippen LogP contribution in [-0.2, 0) is 24.4 Å². The largest absolute Gasteiger partial charge is 0.468 e. The fraction of sp³-hybridized carbons (Fsp3) is 0.375. The van der Waals surface area contributed by atoms with Crippen molar-refractivity contribution >= 4 is 17.4 Å². The Balaban J connectivity index is 1.88. The van der Waals surface area contributed by atoms with Crippen LogP contribution in [-0.4, -0.2) is 33.4 Å². The van der Waals surface area contributed by atoms with Gasteiger partial charge in [0, 0.05) is 19.6 Å². The van der Waals surface area contributed by atoms with Gasteiger partial charge in [0.05, 0.1) is 19.4 Å². The lowest BCUT2D eigenvalue weighted by molar-refractivity contribution is -0.120. The molecule has 0 radical (unpaired) electrons. The number of hydrogen-bond donors (Lipinski definition) is 2. The van der Waals surface area contributed by atoms with Crippen molar-refractivity contribution in [2.24, 2.45) is 0 Å². The number of unbranched alkanes of at least 4 members (excludes halogenated alkanes) is 1. The molecule has 0 fully saturated rings. The Morgan fingerprint density at radius 3 is 2.48 bits per heavy atom. The van der Waals surface area contributed by atoms with Gasteiger partial charge >= 0.3 is 5.69 Å². The summed E-state index contributed by atoms with van der Waals surface area (Å²) in [6.07, 6.45) is 3.18. The van der Waals surface area contributed by atoms with Gasteiger partial charge in [-0.25, -0.2) is 4.79 Å². The van der Waals surface area contributed by atoms with E-state index in [1.165, 1.54) is 9.47 Å². The second kappa shape index (κ2) is 11.3. The van der Waals surface area contributed by atoms with Crippen LogP contribution in [0, 0.1) is 0 Å². The van der Waals surface area contributed by atoms with Crippen LogP contribution in [0.4, 0.5) is 11.5 Å². The van der Waals surface area contributed by atoms with Crippen molar-refractivity contribution in [3.05, 3.63) is 80.9 Å². The number of rotatable bonds is 11. The number of nitrogen functional groups attached to an aromatic ring is 1. The molecule has 0 bridgehead atoms. The average molecular weight is 454 g/mol. The standard InChI is InChI=1S/C24H31N5O4/c1-3-5-13-29-22(25)21(23(31)26-24(29)32)28(4-2)20(30)17-27(16-19-12-9-14-33-19)15-18-10-7-6-8-11-18/h6-12,14H,3-5,13,15-17,25H2,1-2H3,(H,26,31,32). The molecule has 3 rings (SSSR count). The van der Waals surface area contributed by atoms with E-state index in [-0.39, 0.29) is 30.5 Å². The molecule has 9 heteroatoms. The normalized spacial score (nSPS) is 11.1. The Kier molecular flexibility index (Phi) is 8.26. The quantitative estimate of drug-likeness (QED) is 0.461. The summed E-state index contributed by atoms with van der Waals surface area (Å²) in [6.45, 7) is 5.35. The predicted octanol–water partition coefficient (Wildman–Crippen LogP) is 2.57. The summed E-state index contributed by atoms with van der Waals surface area (Å²) >= 11 is 0. The number of nitrogens with zero attached hydrogens (tertiary/aromatic N) is 3. The zero-order valence-electron chi connectivity index (χ0n) is 19.1. The first kappa shape index (κ1) is 24.1. The zero-order valence-corrected chi connectivity index (χ0v) is 19.1. The Morgan fingerprint density at radius 1 is 1.09 bits per heavy atom. The molecule has 0 aliphatic carbocycles. The molecule has 1 aromatic carbocycles. The summed E-state index contributed by atoms with van der Waals surface area (Å²) in [5.74, 6) is 0.443. The molecular formula is C24H31N5O4. The van der Waals surface area contributed by atoms with Crippen LogP contribution in [0.25, 0.3) is 0 Å². The number of aromatic nitrogens is 2. The number of carbonyl (C=O) groups excluding carboxylic acids is 1. The molecule has 2 heterocycles. The van der Waals surface area contributed by atoms with E-state index in [2.05, 4.69) is 4.98 Å². The van der Waals surface area contributed by atoms with Crippen molar-refractivity contribution in [3.63, 3.8) is 0 Å². The number of carbonyl (C=O) groups is 1. The molecule has 176 valence electrons. The van der Waals surface area contributed by atoms with Gasteiger partial charge in [0.25, 0.3) is 5.56 Å². The van der Waals surface area contributed by atoms with Gasteiger partial charge in [-0.1, -0.05) is 43.7 Å². The third-order valence-corrected chi connectivity index (χ3v) is 5.40. The molecule has 1 amide bonds. The fourth-order valence-electron chi connectivity index (χ4n) is 3.74. The molecule has 0 aliphatic rings. The van der Waals surface area contributed by atoms with Gasteiger partial charge in [-0.3, -0.25) is 24.0 Å². The molecular weight excluding hydrogens is 422 g/mol. The lowest BCUT2D eigenvalue weighted by Crippen LogP contribution is -2.45. The number of likely N-dealkylation sites (N-methyl/N-ethyl adjacent to an activating group) is 1. The topological polar surface area (TPSA) is 118 Å². The van der Waals surface area contributed by atoms with E-state index < -0.39 is 11.2 Å². The third-order valence-electron chi connectivity index (χ3n) is 5.40. The summed E-state index contributed by atoms with van der Waals surface area (Å²) in [4.78, 5) is 43.9. The Hall–Kier alpha value is -3.59. The minimum atomic E-state index is -0.666. The molecule has 0 saturated carbocycles. The Bertz CT molecular complexity index is 1150. The van der Waals surface area contributed by atoms with Crippen molar-refractivity contribution < 1.29 is 9.21 Å². The molecule has 3 N–H and O–H groups in total. The van der Waals surface area contributed by atoms with Gasteiger partial charge in [0.2, 0.25) is 5.91 Å². The van der Waals surface area contributed by atoms with E-state index in [4.69, 9.17) is 10.2 Å². The highest BCUT2D eigenvalue weighted by Gasteiger charge is 2.25. The van der Waals surface area contributed by atoms with E-state index >= 15 is 0 Å². The second-order valence-corrected chi connectivity index (χ2v) is 7.85. The monoisotopic (exact) mass is 453 g/mol. The number of hydrogen-bond acceptors (Lipinski definition) is 6.